The van der Waals surface area contributed by atoms with Crippen molar-refractivity contribution >= 4 is 49.4 Å². The Morgan fingerprint density at radius 3 is 2.41 bits per heavy atom. The highest BCUT2D eigenvalue weighted by Crippen LogP contribution is 2.29. The van der Waals surface area contributed by atoms with Gasteiger partial charge in [0, 0.05) is 15.4 Å². The van der Waals surface area contributed by atoms with Crippen LogP contribution in [0, 0.1) is 6.92 Å². The van der Waals surface area contributed by atoms with E-state index in [4.69, 9.17) is 16.3 Å². The summed E-state index contributed by atoms with van der Waals surface area (Å²) in [6.45, 7) is 4.11. The van der Waals surface area contributed by atoms with E-state index >= 15 is 0 Å². The molecule has 5 heteroatoms. The van der Waals surface area contributed by atoms with E-state index in [2.05, 4.69) is 31.9 Å². The van der Waals surface area contributed by atoms with Crippen LogP contribution in [-0.2, 0) is 16.0 Å². The maximum atomic E-state index is 11.5. The van der Waals surface area contributed by atoms with Gasteiger partial charge in [-0.25, -0.2) is 0 Å². The van der Waals surface area contributed by atoms with Crippen LogP contribution >= 0.6 is 43.5 Å². The predicted octanol–water partition coefficient (Wildman–Crippen LogP) is 4.23. The molecule has 0 aliphatic rings. The first-order valence-corrected chi connectivity index (χ1v) is 7.23. The molecule has 1 aromatic rings. The molecule has 1 unspecified atom stereocenters. The van der Waals surface area contributed by atoms with E-state index in [-0.39, 0.29) is 5.97 Å². The van der Waals surface area contributed by atoms with Crippen molar-refractivity contribution in [3.05, 3.63) is 32.2 Å². The predicted molar refractivity (Wildman–Crippen MR) is 76.6 cm³/mol. The van der Waals surface area contributed by atoms with Gasteiger partial charge in [-0.15, -0.1) is 11.6 Å². The van der Waals surface area contributed by atoms with Crippen LogP contribution in [0.15, 0.2) is 21.1 Å². The van der Waals surface area contributed by atoms with Crippen molar-refractivity contribution in [3.63, 3.8) is 0 Å². The second-order valence-electron chi connectivity index (χ2n) is 3.63. The highest BCUT2D eigenvalue weighted by atomic mass is 79.9. The lowest BCUT2D eigenvalue weighted by molar-refractivity contribution is -0.142. The van der Waals surface area contributed by atoms with Gasteiger partial charge >= 0.3 is 5.97 Å². The zero-order valence-corrected chi connectivity index (χ0v) is 13.5. The molecule has 0 saturated heterocycles. The number of halogens is 3. The molecule has 0 bridgehead atoms. The van der Waals surface area contributed by atoms with Crippen LogP contribution in [0.2, 0.25) is 0 Å². The van der Waals surface area contributed by atoms with E-state index in [0.717, 1.165) is 20.1 Å². The van der Waals surface area contributed by atoms with Crippen LogP contribution in [0.5, 0.6) is 0 Å². The van der Waals surface area contributed by atoms with Crippen LogP contribution in [0.3, 0.4) is 0 Å². The summed E-state index contributed by atoms with van der Waals surface area (Å²) in [7, 11) is 0. The number of alkyl halides is 1. The van der Waals surface area contributed by atoms with Crippen molar-refractivity contribution in [3.8, 4) is 0 Å². The number of benzene rings is 1. The summed E-state index contributed by atoms with van der Waals surface area (Å²) in [6.07, 6.45) is 0.432. The fourth-order valence-electron chi connectivity index (χ4n) is 1.42. The number of aryl methyl sites for hydroxylation is 1. The molecule has 0 aliphatic carbocycles. The van der Waals surface area contributed by atoms with Gasteiger partial charge in [-0.1, -0.05) is 31.9 Å². The number of esters is 1. The van der Waals surface area contributed by atoms with E-state index in [1.165, 1.54) is 0 Å². The smallest absolute Gasteiger partial charge is 0.324 e. The minimum Gasteiger partial charge on any atom is -0.465 e. The number of rotatable bonds is 4. The van der Waals surface area contributed by atoms with Gasteiger partial charge in [0.25, 0.3) is 0 Å². The van der Waals surface area contributed by atoms with E-state index < -0.39 is 5.38 Å². The SMILES string of the molecule is CCOC(=O)C(Cl)Cc1c(Br)cc(C)cc1Br. The van der Waals surface area contributed by atoms with Gasteiger partial charge in [0.05, 0.1) is 6.61 Å². The Morgan fingerprint density at radius 1 is 1.41 bits per heavy atom. The number of carbonyl (C=O) groups excluding carboxylic acids is 1. The molecule has 0 N–H and O–H groups in total. The van der Waals surface area contributed by atoms with Gasteiger partial charge in [-0.05, 0) is 37.1 Å². The van der Waals surface area contributed by atoms with Crippen molar-refractivity contribution in [2.75, 3.05) is 6.61 Å². The second-order valence-corrected chi connectivity index (χ2v) is 5.87. The summed E-state index contributed by atoms with van der Waals surface area (Å²) in [6, 6.07) is 3.99. The first-order chi connectivity index (χ1) is 7.95. The summed E-state index contributed by atoms with van der Waals surface area (Å²) in [5.74, 6) is -0.381. The van der Waals surface area contributed by atoms with Crippen LogP contribution in [0.4, 0.5) is 0 Å². The van der Waals surface area contributed by atoms with Gasteiger partial charge in [-0.3, -0.25) is 4.79 Å². The molecular weight excluding hydrogens is 371 g/mol. The largest absolute Gasteiger partial charge is 0.465 e. The quantitative estimate of drug-likeness (QED) is 0.574. The van der Waals surface area contributed by atoms with Gasteiger partial charge in [0.15, 0.2) is 0 Å². The Morgan fingerprint density at radius 2 is 1.94 bits per heavy atom. The second kappa shape index (κ2) is 6.76. The Kier molecular flexibility index (Phi) is 5.97. The third-order valence-electron chi connectivity index (χ3n) is 2.21. The first-order valence-electron chi connectivity index (χ1n) is 5.21. The average molecular weight is 384 g/mol. The van der Waals surface area contributed by atoms with Crippen LogP contribution in [0.1, 0.15) is 18.1 Å². The molecule has 0 spiro atoms. The molecule has 1 atom stereocenters. The molecule has 0 radical (unpaired) electrons. The number of hydrogen-bond acceptors (Lipinski definition) is 2. The number of hydrogen-bond donors (Lipinski definition) is 0. The fourth-order valence-corrected chi connectivity index (χ4v) is 3.38. The molecule has 1 rings (SSSR count). The monoisotopic (exact) mass is 382 g/mol. The summed E-state index contributed by atoms with van der Waals surface area (Å²) >= 11 is 13.0. The Bertz CT molecular complexity index is 398. The van der Waals surface area contributed by atoms with Crippen molar-refractivity contribution in [2.45, 2.75) is 25.6 Å². The lowest BCUT2D eigenvalue weighted by Crippen LogP contribution is -2.20. The fraction of sp³-hybridized carbons (Fsp3) is 0.417. The van der Waals surface area contributed by atoms with Gasteiger partial charge < -0.3 is 4.74 Å². The molecule has 2 nitrogen and oxygen atoms in total. The number of carbonyl (C=O) groups is 1. The average Bonchev–Trinajstić information content (AvgIpc) is 2.23. The van der Waals surface area contributed by atoms with Crippen molar-refractivity contribution in [1.29, 1.82) is 0 Å². The third kappa shape index (κ3) is 4.27. The molecular formula is C12H13Br2ClO2. The highest BCUT2D eigenvalue weighted by Gasteiger charge is 2.19. The zero-order chi connectivity index (χ0) is 13.0. The Hall–Kier alpha value is -0.0600. The van der Waals surface area contributed by atoms with Crippen LogP contribution in [0.25, 0.3) is 0 Å². The maximum Gasteiger partial charge on any atom is 0.324 e. The van der Waals surface area contributed by atoms with E-state index in [0.29, 0.717) is 13.0 Å². The van der Waals surface area contributed by atoms with E-state index in [9.17, 15) is 4.79 Å². The molecule has 0 amide bonds. The van der Waals surface area contributed by atoms with Crippen molar-refractivity contribution in [2.24, 2.45) is 0 Å². The van der Waals surface area contributed by atoms with Crippen molar-refractivity contribution < 1.29 is 9.53 Å². The standard InChI is InChI=1S/C12H13Br2ClO2/c1-3-17-12(16)11(15)6-8-9(13)4-7(2)5-10(8)14/h4-5,11H,3,6H2,1-2H3. The summed E-state index contributed by atoms with van der Waals surface area (Å²) in [5.41, 5.74) is 2.11. The highest BCUT2D eigenvalue weighted by molar-refractivity contribution is 9.11. The molecule has 0 saturated carbocycles. The van der Waals surface area contributed by atoms with Gasteiger partial charge in [0.2, 0.25) is 0 Å². The molecule has 0 heterocycles. The van der Waals surface area contributed by atoms with Gasteiger partial charge in [0.1, 0.15) is 5.38 Å². The number of ether oxygens (including phenoxy) is 1. The lowest BCUT2D eigenvalue weighted by Gasteiger charge is -2.12. The molecule has 94 valence electrons. The van der Waals surface area contributed by atoms with Crippen molar-refractivity contribution in [1.82, 2.24) is 0 Å². The minimum absolute atomic E-state index is 0.346. The van der Waals surface area contributed by atoms with Crippen LogP contribution in [-0.4, -0.2) is 18.0 Å². The third-order valence-corrected chi connectivity index (χ3v) is 3.96. The maximum absolute atomic E-state index is 11.5. The van der Waals surface area contributed by atoms with Crippen LogP contribution < -0.4 is 0 Å². The first kappa shape index (κ1) is 15.0. The summed E-state index contributed by atoms with van der Waals surface area (Å²) < 4.78 is 6.77. The molecule has 0 fully saturated rings. The molecule has 0 aromatic heterocycles. The summed E-state index contributed by atoms with van der Waals surface area (Å²) in [5, 5.41) is -0.662. The zero-order valence-electron chi connectivity index (χ0n) is 9.60. The minimum atomic E-state index is -0.662. The Balaban J connectivity index is 2.85. The molecule has 17 heavy (non-hydrogen) atoms. The van der Waals surface area contributed by atoms with Gasteiger partial charge in [-0.2, -0.15) is 0 Å². The van der Waals surface area contributed by atoms with E-state index in [1.807, 2.05) is 19.1 Å². The normalized spacial score (nSPS) is 12.3. The molecule has 1 aromatic carbocycles. The molecule has 0 aliphatic heterocycles. The summed E-state index contributed by atoms with van der Waals surface area (Å²) in [4.78, 5) is 11.5. The Labute approximate surface area is 123 Å². The topological polar surface area (TPSA) is 26.3 Å². The van der Waals surface area contributed by atoms with E-state index in [1.54, 1.807) is 6.92 Å². The lowest BCUT2D eigenvalue weighted by atomic mass is 10.1.